The van der Waals surface area contributed by atoms with Crippen molar-refractivity contribution in [3.8, 4) is 5.75 Å². The molecule has 0 atom stereocenters. The van der Waals surface area contributed by atoms with E-state index < -0.39 is 16.0 Å². The summed E-state index contributed by atoms with van der Waals surface area (Å²) < 4.78 is 34.8. The number of Topliss-reactive ketones (excluding diaryl/α,β-unsaturated/α-hetero) is 1. The summed E-state index contributed by atoms with van der Waals surface area (Å²) in [6, 6.07) is 14.5. The van der Waals surface area contributed by atoms with Crippen LogP contribution in [0.25, 0.3) is 0 Å². The maximum Gasteiger partial charge on any atom is 0.339 e. The maximum atomic E-state index is 12.4. The van der Waals surface area contributed by atoms with Crippen molar-refractivity contribution in [2.45, 2.75) is 11.8 Å². The SMILES string of the molecule is CC(=O)c1cccc(S(=O)(=O)Oc2ccc(NC(=O)c3ccco3)cc2)c1. The Morgan fingerprint density at radius 1 is 1.00 bits per heavy atom. The first-order valence-electron chi connectivity index (χ1n) is 7.85. The number of nitrogens with one attached hydrogen (secondary N) is 1. The highest BCUT2D eigenvalue weighted by Crippen LogP contribution is 2.22. The average Bonchev–Trinajstić information content (AvgIpc) is 3.18. The third kappa shape index (κ3) is 4.42. The van der Waals surface area contributed by atoms with Crippen molar-refractivity contribution in [2.75, 3.05) is 5.32 Å². The molecule has 0 saturated carbocycles. The van der Waals surface area contributed by atoms with Gasteiger partial charge in [0, 0.05) is 11.3 Å². The standard InChI is InChI=1S/C19H15NO6S/c1-13(21)14-4-2-5-17(12-14)27(23,24)26-16-9-7-15(8-10-16)20-19(22)18-6-3-11-25-18/h2-12H,1H3,(H,20,22). The van der Waals surface area contributed by atoms with Gasteiger partial charge >= 0.3 is 10.1 Å². The summed E-state index contributed by atoms with van der Waals surface area (Å²) in [5.41, 5.74) is 0.718. The fourth-order valence-corrected chi connectivity index (χ4v) is 3.22. The summed E-state index contributed by atoms with van der Waals surface area (Å²) in [4.78, 5) is 23.2. The fourth-order valence-electron chi connectivity index (χ4n) is 2.24. The van der Waals surface area contributed by atoms with E-state index in [9.17, 15) is 18.0 Å². The summed E-state index contributed by atoms with van der Waals surface area (Å²) in [5.74, 6) is -0.450. The number of benzene rings is 2. The molecule has 27 heavy (non-hydrogen) atoms. The van der Waals surface area contributed by atoms with E-state index in [2.05, 4.69) is 5.32 Å². The molecule has 0 fully saturated rings. The maximum absolute atomic E-state index is 12.4. The molecule has 0 aliphatic heterocycles. The lowest BCUT2D eigenvalue weighted by atomic mass is 10.2. The minimum absolute atomic E-state index is 0.0687. The fraction of sp³-hybridized carbons (Fsp3) is 0.0526. The molecule has 8 heteroatoms. The second kappa shape index (κ2) is 7.46. The van der Waals surface area contributed by atoms with Gasteiger partial charge in [-0.1, -0.05) is 12.1 Å². The Labute approximate surface area is 155 Å². The molecular weight excluding hydrogens is 370 g/mol. The van der Waals surface area contributed by atoms with Crippen LogP contribution in [0.2, 0.25) is 0 Å². The van der Waals surface area contributed by atoms with Crippen molar-refractivity contribution in [3.05, 3.63) is 78.3 Å². The molecule has 1 heterocycles. The second-order valence-electron chi connectivity index (χ2n) is 5.58. The number of hydrogen-bond acceptors (Lipinski definition) is 6. The minimum Gasteiger partial charge on any atom is -0.459 e. The molecule has 0 unspecified atom stereocenters. The highest BCUT2D eigenvalue weighted by atomic mass is 32.2. The van der Waals surface area contributed by atoms with Gasteiger partial charge < -0.3 is 13.9 Å². The number of carbonyl (C=O) groups is 2. The lowest BCUT2D eigenvalue weighted by Gasteiger charge is -2.09. The molecule has 3 rings (SSSR count). The second-order valence-corrected chi connectivity index (χ2v) is 7.12. The minimum atomic E-state index is -4.10. The van der Waals surface area contributed by atoms with Gasteiger partial charge in [0.1, 0.15) is 10.6 Å². The molecule has 0 aliphatic rings. The third-order valence-corrected chi connectivity index (χ3v) is 4.84. The molecule has 0 bridgehead atoms. The number of amides is 1. The summed E-state index contributed by atoms with van der Waals surface area (Å²) >= 11 is 0. The van der Waals surface area contributed by atoms with Crippen molar-refractivity contribution in [2.24, 2.45) is 0 Å². The predicted octanol–water partition coefficient (Wildman–Crippen LogP) is 3.50. The summed E-state index contributed by atoms with van der Waals surface area (Å²) in [5, 5.41) is 2.61. The van der Waals surface area contributed by atoms with Crippen molar-refractivity contribution in [1.82, 2.24) is 0 Å². The lowest BCUT2D eigenvalue weighted by molar-refractivity contribution is 0.0993. The molecule has 1 amide bonds. The highest BCUT2D eigenvalue weighted by molar-refractivity contribution is 7.87. The number of ketones is 1. The van der Waals surface area contributed by atoms with Gasteiger partial charge in [-0.15, -0.1) is 0 Å². The molecule has 0 aliphatic carbocycles. The number of furan rings is 1. The van der Waals surface area contributed by atoms with Crippen LogP contribution in [-0.4, -0.2) is 20.1 Å². The molecule has 1 aromatic heterocycles. The molecule has 3 aromatic rings. The Balaban J connectivity index is 1.73. The Bertz CT molecular complexity index is 1070. The quantitative estimate of drug-likeness (QED) is 0.515. The monoisotopic (exact) mass is 385 g/mol. The zero-order chi connectivity index (χ0) is 19.4. The van der Waals surface area contributed by atoms with Gasteiger partial charge in [-0.25, -0.2) is 0 Å². The average molecular weight is 385 g/mol. The van der Waals surface area contributed by atoms with E-state index in [0.29, 0.717) is 5.69 Å². The van der Waals surface area contributed by atoms with E-state index in [4.69, 9.17) is 8.60 Å². The zero-order valence-corrected chi connectivity index (χ0v) is 15.0. The van der Waals surface area contributed by atoms with Crippen molar-refractivity contribution in [3.63, 3.8) is 0 Å². The van der Waals surface area contributed by atoms with E-state index in [1.807, 2.05) is 0 Å². The first kappa shape index (κ1) is 18.4. The Morgan fingerprint density at radius 2 is 1.74 bits per heavy atom. The largest absolute Gasteiger partial charge is 0.459 e. The van der Waals surface area contributed by atoms with Crippen LogP contribution in [0.1, 0.15) is 27.8 Å². The van der Waals surface area contributed by atoms with Gasteiger partial charge in [-0.2, -0.15) is 8.42 Å². The molecule has 0 spiro atoms. The van der Waals surface area contributed by atoms with Gasteiger partial charge in [0.25, 0.3) is 5.91 Å². The first-order valence-corrected chi connectivity index (χ1v) is 9.26. The van der Waals surface area contributed by atoms with E-state index >= 15 is 0 Å². The molecule has 2 aromatic carbocycles. The molecule has 7 nitrogen and oxygen atoms in total. The van der Waals surface area contributed by atoms with E-state index in [-0.39, 0.29) is 27.8 Å². The normalized spacial score (nSPS) is 11.0. The molecular formula is C19H15NO6S. The van der Waals surface area contributed by atoms with E-state index in [1.54, 1.807) is 6.07 Å². The van der Waals surface area contributed by atoms with Gasteiger partial charge in [0.05, 0.1) is 6.26 Å². The molecule has 0 saturated heterocycles. The van der Waals surface area contributed by atoms with Crippen LogP contribution in [0.15, 0.2) is 76.2 Å². The Hall–Kier alpha value is -3.39. The summed E-state index contributed by atoms with van der Waals surface area (Å²) in [6.07, 6.45) is 1.39. The van der Waals surface area contributed by atoms with Crippen LogP contribution < -0.4 is 9.50 Å². The van der Waals surface area contributed by atoms with E-state index in [1.165, 1.54) is 67.8 Å². The van der Waals surface area contributed by atoms with Crippen LogP contribution in [-0.2, 0) is 10.1 Å². The van der Waals surface area contributed by atoms with Gasteiger partial charge in [-0.05, 0) is 55.5 Å². The zero-order valence-electron chi connectivity index (χ0n) is 14.2. The number of anilines is 1. The van der Waals surface area contributed by atoms with Crippen LogP contribution in [0.3, 0.4) is 0 Å². The number of carbonyl (C=O) groups excluding carboxylic acids is 2. The Kier molecular flexibility index (Phi) is 5.09. The smallest absolute Gasteiger partial charge is 0.339 e. The van der Waals surface area contributed by atoms with Gasteiger partial charge in [0.15, 0.2) is 11.5 Å². The lowest BCUT2D eigenvalue weighted by Crippen LogP contribution is -2.12. The Morgan fingerprint density at radius 3 is 2.37 bits per heavy atom. The predicted molar refractivity (Wildman–Crippen MR) is 97.4 cm³/mol. The summed E-state index contributed by atoms with van der Waals surface area (Å²) in [6.45, 7) is 1.35. The van der Waals surface area contributed by atoms with Crippen molar-refractivity contribution >= 4 is 27.5 Å². The van der Waals surface area contributed by atoms with Crippen molar-refractivity contribution in [1.29, 1.82) is 0 Å². The number of rotatable bonds is 6. The third-order valence-electron chi connectivity index (χ3n) is 3.59. The van der Waals surface area contributed by atoms with Gasteiger partial charge in [-0.3, -0.25) is 9.59 Å². The summed E-state index contributed by atoms with van der Waals surface area (Å²) in [7, 11) is -4.10. The van der Waals surface area contributed by atoms with Gasteiger partial charge in [0.2, 0.25) is 0 Å². The van der Waals surface area contributed by atoms with Crippen LogP contribution >= 0.6 is 0 Å². The molecule has 0 radical (unpaired) electrons. The number of hydrogen-bond donors (Lipinski definition) is 1. The first-order chi connectivity index (χ1) is 12.8. The highest BCUT2D eigenvalue weighted by Gasteiger charge is 2.18. The van der Waals surface area contributed by atoms with Crippen LogP contribution in [0.4, 0.5) is 5.69 Å². The molecule has 1 N–H and O–H groups in total. The topological polar surface area (TPSA) is 103 Å². The van der Waals surface area contributed by atoms with E-state index in [0.717, 1.165) is 0 Å². The molecule has 138 valence electrons. The van der Waals surface area contributed by atoms with Crippen LogP contribution in [0.5, 0.6) is 5.75 Å². The van der Waals surface area contributed by atoms with Crippen molar-refractivity contribution < 1.29 is 26.6 Å². The van der Waals surface area contributed by atoms with Crippen LogP contribution in [0, 0.1) is 0 Å².